The van der Waals surface area contributed by atoms with Crippen molar-refractivity contribution in [3.63, 3.8) is 0 Å². The Kier molecular flexibility index (Phi) is 3.61. The van der Waals surface area contributed by atoms with Crippen LogP contribution in [0.15, 0.2) is 18.3 Å². The fourth-order valence-corrected chi connectivity index (χ4v) is 2.17. The highest BCUT2D eigenvalue weighted by Gasteiger charge is 2.31. The standard InChI is InChI=1S/C13H17NO3/c1-9-5-6-14-12(7-9)17-11-4-3-10(8-11)13(15)16-2/h5-7,10-11H,3-4,8H2,1-2H3/t10-,11-/m0/s1. The number of hydrogen-bond donors (Lipinski definition) is 0. The van der Waals surface area contributed by atoms with E-state index in [4.69, 9.17) is 9.47 Å². The highest BCUT2D eigenvalue weighted by atomic mass is 16.5. The Morgan fingerprint density at radius 3 is 3.00 bits per heavy atom. The van der Waals surface area contributed by atoms with E-state index < -0.39 is 0 Å². The molecule has 0 radical (unpaired) electrons. The molecule has 1 fully saturated rings. The second-order valence-corrected chi connectivity index (χ2v) is 4.44. The maximum absolute atomic E-state index is 11.4. The highest BCUT2D eigenvalue weighted by molar-refractivity contribution is 5.72. The fourth-order valence-electron chi connectivity index (χ4n) is 2.17. The predicted molar refractivity (Wildman–Crippen MR) is 62.7 cm³/mol. The summed E-state index contributed by atoms with van der Waals surface area (Å²) >= 11 is 0. The SMILES string of the molecule is COC(=O)[C@H]1CC[C@H](Oc2cc(C)ccn2)C1. The number of methoxy groups -OCH3 is 1. The Morgan fingerprint density at radius 2 is 2.29 bits per heavy atom. The minimum absolute atomic E-state index is 0.0187. The lowest BCUT2D eigenvalue weighted by atomic mass is 10.1. The number of aryl methyl sites for hydroxylation is 1. The molecule has 0 bridgehead atoms. The van der Waals surface area contributed by atoms with Crippen molar-refractivity contribution < 1.29 is 14.3 Å². The van der Waals surface area contributed by atoms with Gasteiger partial charge in [-0.15, -0.1) is 0 Å². The third kappa shape index (κ3) is 2.96. The summed E-state index contributed by atoms with van der Waals surface area (Å²) < 4.78 is 10.5. The number of pyridine rings is 1. The molecule has 1 saturated carbocycles. The number of ether oxygens (including phenoxy) is 2. The summed E-state index contributed by atoms with van der Waals surface area (Å²) in [7, 11) is 1.43. The van der Waals surface area contributed by atoms with Gasteiger partial charge in [0, 0.05) is 12.3 Å². The average Bonchev–Trinajstić information content (AvgIpc) is 2.76. The molecule has 0 aromatic carbocycles. The smallest absolute Gasteiger partial charge is 0.308 e. The molecule has 0 unspecified atom stereocenters. The van der Waals surface area contributed by atoms with Crippen molar-refractivity contribution in [1.29, 1.82) is 0 Å². The first-order valence-electron chi connectivity index (χ1n) is 5.86. The summed E-state index contributed by atoms with van der Waals surface area (Å²) in [5.74, 6) is 0.489. The molecule has 0 amide bonds. The Balaban J connectivity index is 1.92. The van der Waals surface area contributed by atoms with Crippen molar-refractivity contribution in [3.8, 4) is 5.88 Å². The van der Waals surface area contributed by atoms with Crippen molar-refractivity contribution in [2.45, 2.75) is 32.3 Å². The third-order valence-corrected chi connectivity index (χ3v) is 3.10. The van der Waals surface area contributed by atoms with Gasteiger partial charge < -0.3 is 9.47 Å². The van der Waals surface area contributed by atoms with E-state index in [0.29, 0.717) is 5.88 Å². The summed E-state index contributed by atoms with van der Waals surface area (Å²) in [6.45, 7) is 2.00. The Morgan fingerprint density at radius 1 is 1.47 bits per heavy atom. The number of nitrogens with zero attached hydrogens (tertiary/aromatic N) is 1. The lowest BCUT2D eigenvalue weighted by Crippen LogP contribution is -2.17. The van der Waals surface area contributed by atoms with Crippen LogP contribution in [0.1, 0.15) is 24.8 Å². The van der Waals surface area contributed by atoms with Gasteiger partial charge in [-0.2, -0.15) is 0 Å². The van der Waals surface area contributed by atoms with Gasteiger partial charge >= 0.3 is 5.97 Å². The molecule has 1 heterocycles. The molecule has 0 aliphatic heterocycles. The predicted octanol–water partition coefficient (Wildman–Crippen LogP) is 2.11. The van der Waals surface area contributed by atoms with Gasteiger partial charge in [0.2, 0.25) is 5.88 Å². The summed E-state index contributed by atoms with van der Waals surface area (Å²) in [5, 5.41) is 0. The first-order valence-corrected chi connectivity index (χ1v) is 5.86. The van der Waals surface area contributed by atoms with E-state index in [-0.39, 0.29) is 18.0 Å². The zero-order valence-electron chi connectivity index (χ0n) is 10.2. The Hall–Kier alpha value is -1.58. The number of aromatic nitrogens is 1. The van der Waals surface area contributed by atoms with Crippen molar-refractivity contribution in [2.75, 3.05) is 7.11 Å². The van der Waals surface area contributed by atoms with Gasteiger partial charge in [0.25, 0.3) is 0 Å². The number of hydrogen-bond acceptors (Lipinski definition) is 4. The molecular weight excluding hydrogens is 218 g/mol. The summed E-state index contributed by atoms with van der Waals surface area (Å²) in [6, 6.07) is 3.84. The van der Waals surface area contributed by atoms with Crippen LogP contribution in [0.4, 0.5) is 0 Å². The molecule has 1 aliphatic carbocycles. The van der Waals surface area contributed by atoms with Gasteiger partial charge in [-0.25, -0.2) is 4.98 Å². The quantitative estimate of drug-likeness (QED) is 0.753. The molecule has 0 saturated heterocycles. The molecule has 1 aromatic rings. The number of carbonyl (C=O) groups is 1. The second kappa shape index (κ2) is 5.17. The largest absolute Gasteiger partial charge is 0.474 e. The lowest BCUT2D eigenvalue weighted by molar-refractivity contribution is -0.145. The van der Waals surface area contributed by atoms with Gasteiger partial charge in [-0.05, 0) is 37.8 Å². The highest BCUT2D eigenvalue weighted by Crippen LogP contribution is 2.29. The fraction of sp³-hybridized carbons (Fsp3) is 0.538. The molecule has 1 aliphatic rings. The Bertz CT molecular complexity index is 405. The molecule has 0 N–H and O–H groups in total. The van der Waals surface area contributed by atoms with Crippen molar-refractivity contribution in [3.05, 3.63) is 23.9 Å². The van der Waals surface area contributed by atoms with Crippen LogP contribution in [0.2, 0.25) is 0 Å². The maximum Gasteiger partial charge on any atom is 0.308 e. The zero-order chi connectivity index (χ0) is 12.3. The van der Waals surface area contributed by atoms with Crippen LogP contribution in [0.3, 0.4) is 0 Å². The first-order chi connectivity index (χ1) is 8.19. The van der Waals surface area contributed by atoms with Crippen LogP contribution in [0.25, 0.3) is 0 Å². The Labute approximate surface area is 101 Å². The molecular formula is C13H17NO3. The lowest BCUT2D eigenvalue weighted by Gasteiger charge is -2.12. The van der Waals surface area contributed by atoms with E-state index in [1.54, 1.807) is 6.20 Å². The van der Waals surface area contributed by atoms with E-state index >= 15 is 0 Å². The number of rotatable bonds is 3. The third-order valence-electron chi connectivity index (χ3n) is 3.10. The monoisotopic (exact) mass is 235 g/mol. The van der Waals surface area contributed by atoms with E-state index in [1.165, 1.54) is 7.11 Å². The van der Waals surface area contributed by atoms with E-state index in [9.17, 15) is 4.79 Å². The van der Waals surface area contributed by atoms with E-state index in [2.05, 4.69) is 4.98 Å². The minimum atomic E-state index is -0.131. The molecule has 17 heavy (non-hydrogen) atoms. The van der Waals surface area contributed by atoms with Gasteiger partial charge in [0.05, 0.1) is 13.0 Å². The van der Waals surface area contributed by atoms with Crippen LogP contribution >= 0.6 is 0 Å². The van der Waals surface area contributed by atoms with E-state index in [0.717, 1.165) is 24.8 Å². The number of carbonyl (C=O) groups excluding carboxylic acids is 1. The van der Waals surface area contributed by atoms with Crippen molar-refractivity contribution in [2.24, 2.45) is 5.92 Å². The molecule has 0 spiro atoms. The van der Waals surface area contributed by atoms with Crippen LogP contribution < -0.4 is 4.74 Å². The molecule has 92 valence electrons. The number of esters is 1. The second-order valence-electron chi connectivity index (χ2n) is 4.44. The zero-order valence-corrected chi connectivity index (χ0v) is 10.2. The first kappa shape index (κ1) is 11.9. The van der Waals surface area contributed by atoms with Crippen LogP contribution in [0.5, 0.6) is 5.88 Å². The van der Waals surface area contributed by atoms with Crippen LogP contribution in [-0.4, -0.2) is 24.2 Å². The van der Waals surface area contributed by atoms with Crippen molar-refractivity contribution >= 4 is 5.97 Å². The van der Waals surface area contributed by atoms with Crippen LogP contribution in [0, 0.1) is 12.8 Å². The van der Waals surface area contributed by atoms with Crippen molar-refractivity contribution in [1.82, 2.24) is 4.98 Å². The summed E-state index contributed by atoms with van der Waals surface area (Å²) in [4.78, 5) is 15.5. The van der Waals surface area contributed by atoms with E-state index in [1.807, 2.05) is 19.1 Å². The average molecular weight is 235 g/mol. The van der Waals surface area contributed by atoms with Crippen LogP contribution in [-0.2, 0) is 9.53 Å². The molecule has 4 heteroatoms. The summed E-state index contributed by atoms with van der Waals surface area (Å²) in [6.07, 6.45) is 4.26. The molecule has 4 nitrogen and oxygen atoms in total. The maximum atomic E-state index is 11.4. The summed E-state index contributed by atoms with van der Waals surface area (Å²) in [5.41, 5.74) is 1.12. The molecule has 2 atom stereocenters. The molecule has 2 rings (SSSR count). The topological polar surface area (TPSA) is 48.4 Å². The van der Waals surface area contributed by atoms with Gasteiger partial charge in [-0.3, -0.25) is 4.79 Å². The van der Waals surface area contributed by atoms with Gasteiger partial charge in [0.1, 0.15) is 6.10 Å². The minimum Gasteiger partial charge on any atom is -0.474 e. The normalized spacial score (nSPS) is 23.4. The van der Waals surface area contributed by atoms with Gasteiger partial charge in [-0.1, -0.05) is 0 Å². The molecule has 1 aromatic heterocycles. The van der Waals surface area contributed by atoms with Gasteiger partial charge in [0.15, 0.2) is 0 Å².